The molecular weight excluding hydrogens is 296 g/mol. The van der Waals surface area contributed by atoms with Crippen LogP contribution >= 0.6 is 11.3 Å². The highest BCUT2D eigenvalue weighted by atomic mass is 32.2. The van der Waals surface area contributed by atoms with Gasteiger partial charge < -0.3 is 0 Å². The first kappa shape index (κ1) is 13.2. The van der Waals surface area contributed by atoms with Crippen molar-refractivity contribution in [3.63, 3.8) is 0 Å². The fourth-order valence-corrected chi connectivity index (χ4v) is 3.75. The molecule has 0 fully saturated rings. The predicted molar refractivity (Wildman–Crippen MR) is 77.9 cm³/mol. The molecule has 0 saturated carbocycles. The van der Waals surface area contributed by atoms with Crippen LogP contribution < -0.4 is 5.14 Å². The van der Waals surface area contributed by atoms with Gasteiger partial charge in [-0.05, 0) is 13.0 Å². The molecule has 0 spiro atoms. The summed E-state index contributed by atoms with van der Waals surface area (Å²) in [5.41, 5.74) is 0.870. The molecular formula is C12H12N4O2S2. The third-order valence-corrected chi connectivity index (χ3v) is 4.78. The third-order valence-electron chi connectivity index (χ3n) is 3.01. The zero-order valence-electron chi connectivity index (χ0n) is 10.6. The first-order valence-electron chi connectivity index (χ1n) is 5.95. The highest BCUT2D eigenvalue weighted by molar-refractivity contribution is 7.89. The largest absolute Gasteiger partial charge is 0.297 e. The Labute approximate surface area is 119 Å². The maximum absolute atomic E-state index is 11.5. The van der Waals surface area contributed by atoms with E-state index >= 15 is 0 Å². The molecule has 0 aliphatic heterocycles. The van der Waals surface area contributed by atoms with Crippen LogP contribution in [0.5, 0.6) is 0 Å². The lowest BCUT2D eigenvalue weighted by atomic mass is 10.1. The van der Waals surface area contributed by atoms with Gasteiger partial charge >= 0.3 is 0 Å². The molecule has 8 heteroatoms. The van der Waals surface area contributed by atoms with Gasteiger partial charge in [0.05, 0.1) is 0 Å². The number of aromatic nitrogens is 3. The number of rotatable bonds is 3. The predicted octanol–water partition coefficient (Wildman–Crippen LogP) is 1.83. The molecule has 1 aromatic carbocycles. The summed E-state index contributed by atoms with van der Waals surface area (Å²) in [5.74, 6) is 0.522. The van der Waals surface area contributed by atoms with Crippen molar-refractivity contribution in [2.45, 2.75) is 18.6 Å². The molecule has 0 radical (unpaired) electrons. The van der Waals surface area contributed by atoms with Crippen LogP contribution in [0.3, 0.4) is 0 Å². The highest BCUT2D eigenvalue weighted by Gasteiger charge is 2.22. The molecule has 0 aliphatic carbocycles. The summed E-state index contributed by atoms with van der Waals surface area (Å²) in [4.78, 5) is 0. The number of hydrogen-bond donors (Lipinski definition) is 1. The van der Waals surface area contributed by atoms with Gasteiger partial charge in [0.2, 0.25) is 0 Å². The summed E-state index contributed by atoms with van der Waals surface area (Å²) < 4.78 is 25.7. The average Bonchev–Trinajstić information content (AvgIpc) is 3.00. The molecule has 0 saturated heterocycles. The Kier molecular flexibility index (Phi) is 3.08. The van der Waals surface area contributed by atoms with Gasteiger partial charge in [-0.25, -0.2) is 13.6 Å². The zero-order chi connectivity index (χ0) is 14.3. The smallest absolute Gasteiger partial charge is 0.273 e. The minimum absolute atomic E-state index is 0.203. The molecule has 0 amide bonds. The minimum Gasteiger partial charge on any atom is -0.297 e. The number of thiophene rings is 1. The number of nitrogens with zero attached hydrogens (tertiary/aromatic N) is 3. The van der Waals surface area contributed by atoms with Crippen LogP contribution in [0.2, 0.25) is 0 Å². The first-order chi connectivity index (χ1) is 9.52. The van der Waals surface area contributed by atoms with E-state index in [0.29, 0.717) is 12.4 Å². The molecule has 0 unspecified atom stereocenters. The molecule has 104 valence electrons. The molecule has 2 heterocycles. The Balaban J connectivity index is 2.28. The normalized spacial score (nSPS) is 12.1. The summed E-state index contributed by atoms with van der Waals surface area (Å²) in [7, 11) is -3.88. The van der Waals surface area contributed by atoms with E-state index in [-0.39, 0.29) is 5.16 Å². The fourth-order valence-electron chi connectivity index (χ4n) is 2.13. The van der Waals surface area contributed by atoms with Gasteiger partial charge in [0.25, 0.3) is 15.2 Å². The van der Waals surface area contributed by atoms with Crippen LogP contribution in [0.1, 0.15) is 6.92 Å². The number of fused-ring (bicyclic) bond motifs is 1. The Morgan fingerprint density at radius 3 is 2.75 bits per heavy atom. The maximum Gasteiger partial charge on any atom is 0.273 e. The van der Waals surface area contributed by atoms with Crippen LogP contribution in [0, 0.1) is 0 Å². The second-order valence-corrected chi connectivity index (χ2v) is 6.61. The van der Waals surface area contributed by atoms with E-state index in [1.54, 1.807) is 11.3 Å². The Morgan fingerprint density at radius 1 is 1.30 bits per heavy atom. The van der Waals surface area contributed by atoms with Crippen molar-refractivity contribution in [1.29, 1.82) is 0 Å². The number of sulfonamides is 1. The van der Waals surface area contributed by atoms with Gasteiger partial charge in [0.15, 0.2) is 5.82 Å². The Bertz CT molecular complexity index is 880. The van der Waals surface area contributed by atoms with Crippen LogP contribution in [0.25, 0.3) is 21.5 Å². The van der Waals surface area contributed by atoms with E-state index in [9.17, 15) is 8.42 Å². The summed E-state index contributed by atoms with van der Waals surface area (Å²) in [6.07, 6.45) is 0. The summed E-state index contributed by atoms with van der Waals surface area (Å²) in [5, 5.41) is 15.7. The lowest BCUT2D eigenvalue weighted by Crippen LogP contribution is -2.18. The van der Waals surface area contributed by atoms with Crippen LogP contribution in [-0.2, 0) is 16.6 Å². The van der Waals surface area contributed by atoms with Gasteiger partial charge in [-0.15, -0.1) is 21.5 Å². The van der Waals surface area contributed by atoms with Crippen molar-refractivity contribution in [3.05, 3.63) is 29.6 Å². The van der Waals surface area contributed by atoms with Crippen LogP contribution in [0.15, 0.2) is 34.8 Å². The van der Waals surface area contributed by atoms with Crippen LogP contribution in [-0.4, -0.2) is 23.2 Å². The van der Waals surface area contributed by atoms with Gasteiger partial charge in [0, 0.05) is 27.6 Å². The van der Waals surface area contributed by atoms with E-state index < -0.39 is 10.0 Å². The second kappa shape index (κ2) is 4.65. The SMILES string of the molecule is CCn1c(-c2csc3ccccc23)nnc1S(N)(=O)=O. The number of nitrogens with two attached hydrogens (primary N) is 1. The Morgan fingerprint density at radius 2 is 2.05 bits per heavy atom. The van der Waals surface area contributed by atoms with E-state index in [1.165, 1.54) is 4.57 Å². The highest BCUT2D eigenvalue weighted by Crippen LogP contribution is 2.33. The molecule has 0 aliphatic rings. The topological polar surface area (TPSA) is 90.9 Å². The molecule has 2 aromatic heterocycles. The van der Waals surface area contributed by atoms with Crippen molar-refractivity contribution in [2.75, 3.05) is 0 Å². The standard InChI is InChI=1S/C12H12N4O2S2/c1-2-16-11(14-15-12(16)20(13,17)18)9-7-19-10-6-4-3-5-8(9)10/h3-7H,2H2,1H3,(H2,13,17,18). The van der Waals surface area contributed by atoms with Crippen molar-refractivity contribution in [1.82, 2.24) is 14.8 Å². The lowest BCUT2D eigenvalue weighted by Gasteiger charge is -2.05. The summed E-state index contributed by atoms with van der Waals surface area (Å²) >= 11 is 1.58. The van der Waals surface area contributed by atoms with Crippen molar-refractivity contribution in [2.24, 2.45) is 5.14 Å². The number of primary sulfonamides is 1. The molecule has 6 nitrogen and oxygen atoms in total. The minimum atomic E-state index is -3.88. The van der Waals surface area contributed by atoms with E-state index in [2.05, 4.69) is 10.2 Å². The second-order valence-electron chi connectivity index (χ2n) is 4.24. The number of benzene rings is 1. The van der Waals surface area contributed by atoms with Gasteiger partial charge in [-0.2, -0.15) is 0 Å². The van der Waals surface area contributed by atoms with Crippen molar-refractivity contribution in [3.8, 4) is 11.4 Å². The van der Waals surface area contributed by atoms with Gasteiger partial charge in [0.1, 0.15) is 0 Å². The quantitative estimate of drug-likeness (QED) is 0.799. The van der Waals surface area contributed by atoms with E-state index in [0.717, 1.165) is 15.6 Å². The molecule has 20 heavy (non-hydrogen) atoms. The summed E-state index contributed by atoms with van der Waals surface area (Å²) in [6, 6.07) is 7.89. The molecule has 2 N–H and O–H groups in total. The van der Waals surface area contributed by atoms with Crippen LogP contribution in [0.4, 0.5) is 0 Å². The van der Waals surface area contributed by atoms with Gasteiger partial charge in [-0.1, -0.05) is 18.2 Å². The maximum atomic E-state index is 11.5. The van der Waals surface area contributed by atoms with Crippen molar-refractivity contribution >= 4 is 31.4 Å². The number of hydrogen-bond acceptors (Lipinski definition) is 5. The zero-order valence-corrected chi connectivity index (χ0v) is 12.3. The lowest BCUT2D eigenvalue weighted by molar-refractivity contribution is 0.571. The molecule has 0 bridgehead atoms. The van der Waals surface area contributed by atoms with E-state index in [4.69, 9.17) is 5.14 Å². The Hall–Kier alpha value is -1.77. The molecule has 3 rings (SSSR count). The monoisotopic (exact) mass is 308 g/mol. The van der Waals surface area contributed by atoms with Crippen molar-refractivity contribution < 1.29 is 8.42 Å². The fraction of sp³-hybridized carbons (Fsp3) is 0.167. The molecule has 0 atom stereocenters. The van der Waals surface area contributed by atoms with Gasteiger partial charge in [-0.3, -0.25) is 4.57 Å². The summed E-state index contributed by atoms with van der Waals surface area (Å²) in [6.45, 7) is 2.26. The first-order valence-corrected chi connectivity index (χ1v) is 8.37. The third kappa shape index (κ3) is 2.01. The average molecular weight is 308 g/mol. The van der Waals surface area contributed by atoms with E-state index in [1.807, 2.05) is 36.6 Å². The molecule has 3 aromatic rings.